The van der Waals surface area contributed by atoms with E-state index in [0.29, 0.717) is 0 Å². The van der Waals surface area contributed by atoms with Gasteiger partial charge in [-0.05, 0) is 0 Å². The molecule has 6 heavy (non-hydrogen) atoms. The van der Waals surface area contributed by atoms with Crippen molar-refractivity contribution >= 4 is 0 Å². The average molecular weight is 83.1 g/mol. The molecule has 2 nitrogen and oxygen atoms in total. The molecule has 0 N–H and O–H groups in total. The van der Waals surface area contributed by atoms with Crippen LogP contribution in [0.4, 0.5) is 0 Å². The Morgan fingerprint density at radius 2 is 2.50 bits per heavy atom. The van der Waals surface area contributed by atoms with Crippen LogP contribution in [0, 0.1) is 11.3 Å². The lowest BCUT2D eigenvalue weighted by Gasteiger charge is -2.17. The Hall–Kier alpha value is -0.550. The van der Waals surface area contributed by atoms with Crippen LogP contribution < -0.4 is 0 Å². The van der Waals surface area contributed by atoms with Crippen LogP contribution in [-0.2, 0) is 4.74 Å². The van der Waals surface area contributed by atoms with Crippen molar-refractivity contribution in [3.8, 4) is 6.07 Å². The molecule has 0 spiro atoms. The van der Waals surface area contributed by atoms with Gasteiger partial charge >= 0.3 is 0 Å². The molecule has 1 heterocycles. The van der Waals surface area contributed by atoms with Crippen LogP contribution in [0.5, 0.6) is 0 Å². The molecule has 32 valence electrons. The Labute approximate surface area is 36.3 Å². The van der Waals surface area contributed by atoms with Crippen LogP contribution in [-0.4, -0.2) is 12.7 Å². The summed E-state index contributed by atoms with van der Waals surface area (Å²) >= 11 is 0. The second kappa shape index (κ2) is 1.27. The van der Waals surface area contributed by atoms with Gasteiger partial charge < -0.3 is 4.74 Å². The number of nitrogens with zero attached hydrogens (tertiary/aromatic N) is 1. The predicted molar refractivity (Wildman–Crippen MR) is 20.0 cm³/mol. The Kier molecular flexibility index (Phi) is 0.771. The highest BCUT2D eigenvalue weighted by Gasteiger charge is 2.15. The van der Waals surface area contributed by atoms with Crippen LogP contribution in [0.15, 0.2) is 0 Å². The van der Waals surface area contributed by atoms with E-state index < -0.39 is 0 Å². The molecule has 0 unspecified atom stereocenters. The summed E-state index contributed by atoms with van der Waals surface area (Å²) in [5, 5.41) is 8.01. The van der Waals surface area contributed by atoms with E-state index in [-0.39, 0.29) is 6.10 Å². The van der Waals surface area contributed by atoms with Gasteiger partial charge in [0.05, 0.1) is 12.7 Å². The van der Waals surface area contributed by atoms with E-state index in [1.165, 1.54) is 0 Å². The molecule has 1 atom stereocenters. The van der Waals surface area contributed by atoms with Gasteiger partial charge in [-0.3, -0.25) is 0 Å². The Balaban J connectivity index is 2.22. The zero-order valence-electron chi connectivity index (χ0n) is 3.35. The molecule has 1 saturated heterocycles. The van der Waals surface area contributed by atoms with E-state index in [9.17, 15) is 0 Å². The highest BCUT2D eigenvalue weighted by atomic mass is 16.5. The zero-order chi connectivity index (χ0) is 4.41. The summed E-state index contributed by atoms with van der Waals surface area (Å²) in [7, 11) is 0. The molecule has 1 rings (SSSR count). The number of ether oxygens (including phenoxy) is 1. The van der Waals surface area contributed by atoms with Gasteiger partial charge in [0.2, 0.25) is 0 Å². The van der Waals surface area contributed by atoms with E-state index in [1.807, 2.05) is 6.07 Å². The van der Waals surface area contributed by atoms with Crippen molar-refractivity contribution in [1.82, 2.24) is 0 Å². The molecule has 0 saturated carbocycles. The fourth-order valence-corrected chi connectivity index (χ4v) is 0.338. The van der Waals surface area contributed by atoms with E-state index in [2.05, 4.69) is 0 Å². The second-order valence-corrected chi connectivity index (χ2v) is 1.28. The Morgan fingerprint density at radius 3 is 2.50 bits per heavy atom. The summed E-state index contributed by atoms with van der Waals surface area (Å²) in [6.07, 6.45) is 0.848. The first-order valence-corrected chi connectivity index (χ1v) is 1.94. The summed E-state index contributed by atoms with van der Waals surface area (Å²) in [6, 6.07) is 1.98. The minimum absolute atomic E-state index is 0.0787. The van der Waals surface area contributed by atoms with Crippen molar-refractivity contribution < 1.29 is 4.74 Å². The minimum Gasteiger partial charge on any atom is -0.363 e. The number of hydrogen-bond acceptors (Lipinski definition) is 2. The van der Waals surface area contributed by atoms with Gasteiger partial charge in [-0.15, -0.1) is 0 Å². The lowest BCUT2D eigenvalue weighted by molar-refractivity contribution is -0.0135. The molecule has 1 fully saturated rings. The van der Waals surface area contributed by atoms with Crippen LogP contribution >= 0.6 is 0 Å². The van der Waals surface area contributed by atoms with Gasteiger partial charge in [-0.25, -0.2) is 0 Å². The van der Waals surface area contributed by atoms with E-state index >= 15 is 0 Å². The van der Waals surface area contributed by atoms with Gasteiger partial charge in [0, 0.05) is 6.42 Å². The molecular weight excluding hydrogens is 78.0 g/mol. The van der Waals surface area contributed by atoms with Crippen molar-refractivity contribution in [3.05, 3.63) is 0 Å². The van der Waals surface area contributed by atoms with Crippen molar-refractivity contribution in [2.24, 2.45) is 0 Å². The SMILES string of the molecule is N#C[C@H]1CCO1. The minimum atomic E-state index is -0.0787. The predicted octanol–water partition coefficient (Wildman–Crippen LogP) is 0.299. The fraction of sp³-hybridized carbons (Fsp3) is 0.750. The van der Waals surface area contributed by atoms with Crippen molar-refractivity contribution in [2.75, 3.05) is 6.61 Å². The van der Waals surface area contributed by atoms with E-state index in [4.69, 9.17) is 10.00 Å². The van der Waals surface area contributed by atoms with Gasteiger partial charge in [0.15, 0.2) is 0 Å². The maximum atomic E-state index is 8.01. The smallest absolute Gasteiger partial charge is 0.146 e. The highest BCUT2D eigenvalue weighted by molar-refractivity contribution is 4.88. The van der Waals surface area contributed by atoms with Gasteiger partial charge in [-0.1, -0.05) is 0 Å². The maximum Gasteiger partial charge on any atom is 0.146 e. The first kappa shape index (κ1) is 3.63. The molecule has 1 aliphatic rings. The summed E-state index contributed by atoms with van der Waals surface area (Å²) in [6.45, 7) is 0.776. The maximum absolute atomic E-state index is 8.01. The van der Waals surface area contributed by atoms with Crippen molar-refractivity contribution in [3.63, 3.8) is 0 Å². The third-order valence-electron chi connectivity index (χ3n) is 0.843. The third kappa shape index (κ3) is 0.373. The van der Waals surface area contributed by atoms with Crippen LogP contribution in [0.1, 0.15) is 6.42 Å². The number of rotatable bonds is 0. The quantitative estimate of drug-likeness (QED) is 0.422. The molecule has 0 bridgehead atoms. The van der Waals surface area contributed by atoms with Crippen LogP contribution in [0.3, 0.4) is 0 Å². The Morgan fingerprint density at radius 1 is 1.83 bits per heavy atom. The summed E-state index contributed by atoms with van der Waals surface area (Å²) in [4.78, 5) is 0. The molecule has 0 radical (unpaired) electrons. The zero-order valence-corrected chi connectivity index (χ0v) is 3.35. The lowest BCUT2D eigenvalue weighted by atomic mass is 10.2. The second-order valence-electron chi connectivity index (χ2n) is 1.28. The molecule has 0 aromatic carbocycles. The summed E-state index contributed by atoms with van der Waals surface area (Å²) < 4.78 is 4.72. The Bertz CT molecular complexity index is 80.0. The fourth-order valence-electron chi connectivity index (χ4n) is 0.338. The normalized spacial score (nSPS) is 30.8. The molecule has 1 aliphatic heterocycles. The molecule has 0 aromatic heterocycles. The topological polar surface area (TPSA) is 33.0 Å². The van der Waals surface area contributed by atoms with Crippen molar-refractivity contribution in [2.45, 2.75) is 12.5 Å². The van der Waals surface area contributed by atoms with Gasteiger partial charge in [0.1, 0.15) is 6.10 Å². The molecule has 0 aliphatic carbocycles. The third-order valence-corrected chi connectivity index (χ3v) is 0.843. The number of hydrogen-bond donors (Lipinski definition) is 0. The summed E-state index contributed by atoms with van der Waals surface area (Å²) in [5.74, 6) is 0. The van der Waals surface area contributed by atoms with Crippen molar-refractivity contribution in [1.29, 1.82) is 5.26 Å². The van der Waals surface area contributed by atoms with Crippen LogP contribution in [0.2, 0.25) is 0 Å². The molecule has 0 aromatic rings. The molecule has 2 heteroatoms. The van der Waals surface area contributed by atoms with Gasteiger partial charge in [0.25, 0.3) is 0 Å². The monoisotopic (exact) mass is 83.0 g/mol. The first-order chi connectivity index (χ1) is 2.93. The average Bonchev–Trinajstić information content (AvgIpc) is 1.31. The van der Waals surface area contributed by atoms with E-state index in [0.717, 1.165) is 13.0 Å². The first-order valence-electron chi connectivity index (χ1n) is 1.94. The highest BCUT2D eigenvalue weighted by Crippen LogP contribution is 2.07. The summed E-state index contributed by atoms with van der Waals surface area (Å²) in [5.41, 5.74) is 0. The van der Waals surface area contributed by atoms with Gasteiger partial charge in [-0.2, -0.15) is 5.26 Å². The molecule has 0 amide bonds. The number of nitriles is 1. The lowest BCUT2D eigenvalue weighted by Crippen LogP contribution is -2.24. The van der Waals surface area contributed by atoms with E-state index in [1.54, 1.807) is 0 Å². The largest absolute Gasteiger partial charge is 0.363 e. The standard InChI is InChI=1S/C4H5NO/c5-3-4-1-2-6-4/h4H,1-2H2/t4-/m1/s1. The van der Waals surface area contributed by atoms with Crippen LogP contribution in [0.25, 0.3) is 0 Å². The molecular formula is C4H5NO.